The second-order valence-electron chi connectivity index (χ2n) is 3.85. The van der Waals surface area contributed by atoms with Crippen molar-refractivity contribution in [1.82, 2.24) is 9.97 Å². The van der Waals surface area contributed by atoms with Gasteiger partial charge in [-0.1, -0.05) is 0 Å². The quantitative estimate of drug-likeness (QED) is 0.775. The highest BCUT2D eigenvalue weighted by Crippen LogP contribution is 2.25. The van der Waals surface area contributed by atoms with Crippen molar-refractivity contribution in [2.24, 2.45) is 0 Å². The van der Waals surface area contributed by atoms with Crippen molar-refractivity contribution in [2.75, 3.05) is 16.8 Å². The monoisotopic (exact) mass is 249 g/mol. The molecule has 0 radical (unpaired) electrons. The summed E-state index contributed by atoms with van der Waals surface area (Å²) in [5, 5.41) is 3.25. The predicted octanol–water partition coefficient (Wildman–Crippen LogP) is 2.18. The molecule has 0 aliphatic heterocycles. The first-order valence-corrected chi connectivity index (χ1v) is 6.09. The second-order valence-corrected chi connectivity index (χ2v) is 5.17. The molecule has 2 aromatic rings. The van der Waals surface area contributed by atoms with E-state index in [1.54, 1.807) is 17.4 Å². The highest BCUT2D eigenvalue weighted by molar-refractivity contribution is 7.12. The summed E-state index contributed by atoms with van der Waals surface area (Å²) in [5.41, 5.74) is 11.1. The van der Waals surface area contributed by atoms with E-state index >= 15 is 0 Å². The van der Waals surface area contributed by atoms with E-state index in [1.165, 1.54) is 9.75 Å². The average Bonchev–Trinajstić information content (AvgIpc) is 2.63. The molecule has 0 bridgehead atoms. The Hall–Kier alpha value is -1.82. The first-order valence-electron chi connectivity index (χ1n) is 5.27. The zero-order chi connectivity index (χ0) is 12.4. The van der Waals surface area contributed by atoms with Gasteiger partial charge in [-0.25, -0.2) is 0 Å². The average molecular weight is 249 g/mol. The fourth-order valence-corrected chi connectivity index (χ4v) is 2.42. The van der Waals surface area contributed by atoms with Crippen LogP contribution in [0.5, 0.6) is 0 Å². The van der Waals surface area contributed by atoms with Crippen LogP contribution >= 0.6 is 11.3 Å². The lowest BCUT2D eigenvalue weighted by Crippen LogP contribution is -2.09. The van der Waals surface area contributed by atoms with Crippen LogP contribution in [-0.4, -0.2) is 9.97 Å². The molecule has 6 heteroatoms. The van der Waals surface area contributed by atoms with Gasteiger partial charge in [0, 0.05) is 15.8 Å². The summed E-state index contributed by atoms with van der Waals surface area (Å²) < 4.78 is 0. The number of nitrogens with zero attached hydrogens (tertiary/aromatic N) is 2. The molecule has 0 fully saturated rings. The van der Waals surface area contributed by atoms with Gasteiger partial charge in [0.05, 0.1) is 6.04 Å². The van der Waals surface area contributed by atoms with Gasteiger partial charge in [-0.05, 0) is 26.0 Å². The minimum atomic E-state index is 0.169. The van der Waals surface area contributed by atoms with Gasteiger partial charge in [0.15, 0.2) is 0 Å². The van der Waals surface area contributed by atoms with Crippen LogP contribution in [0.1, 0.15) is 22.7 Å². The predicted molar refractivity (Wildman–Crippen MR) is 72.0 cm³/mol. The van der Waals surface area contributed by atoms with Gasteiger partial charge in [-0.3, -0.25) is 0 Å². The lowest BCUT2D eigenvalue weighted by Gasteiger charge is -2.13. The van der Waals surface area contributed by atoms with Crippen molar-refractivity contribution in [1.29, 1.82) is 0 Å². The Morgan fingerprint density at radius 3 is 2.65 bits per heavy atom. The largest absolute Gasteiger partial charge is 0.383 e. The maximum Gasteiger partial charge on any atom is 0.223 e. The highest BCUT2D eigenvalue weighted by atomic mass is 32.1. The van der Waals surface area contributed by atoms with Gasteiger partial charge in [-0.2, -0.15) is 9.97 Å². The molecule has 17 heavy (non-hydrogen) atoms. The third kappa shape index (κ3) is 2.85. The molecule has 0 saturated carbocycles. The molecule has 90 valence electrons. The molecule has 5 N–H and O–H groups in total. The third-order valence-electron chi connectivity index (χ3n) is 2.32. The van der Waals surface area contributed by atoms with Crippen LogP contribution in [-0.2, 0) is 0 Å². The molecule has 2 aromatic heterocycles. The minimum absolute atomic E-state index is 0.169. The molecule has 0 aliphatic carbocycles. The topological polar surface area (TPSA) is 89.8 Å². The number of hydrogen-bond donors (Lipinski definition) is 3. The van der Waals surface area contributed by atoms with Crippen LogP contribution in [0.15, 0.2) is 18.2 Å². The van der Waals surface area contributed by atoms with Crippen LogP contribution in [0.25, 0.3) is 0 Å². The van der Waals surface area contributed by atoms with E-state index in [2.05, 4.69) is 41.3 Å². The summed E-state index contributed by atoms with van der Waals surface area (Å²) in [7, 11) is 0. The Labute approximate surface area is 104 Å². The molecule has 0 aromatic carbocycles. The smallest absolute Gasteiger partial charge is 0.223 e. The number of anilines is 3. The molecule has 0 aliphatic rings. The Bertz CT molecular complexity index is 502. The Morgan fingerprint density at radius 2 is 2.06 bits per heavy atom. The lowest BCUT2D eigenvalue weighted by molar-refractivity contribution is 0.895. The van der Waals surface area contributed by atoms with Crippen molar-refractivity contribution < 1.29 is 0 Å². The Kier molecular flexibility index (Phi) is 3.14. The van der Waals surface area contributed by atoms with Crippen molar-refractivity contribution in [2.45, 2.75) is 19.9 Å². The van der Waals surface area contributed by atoms with Crippen LogP contribution in [0, 0.1) is 6.92 Å². The zero-order valence-electron chi connectivity index (χ0n) is 9.77. The lowest BCUT2D eigenvalue weighted by atomic mass is 10.2. The maximum atomic E-state index is 5.61. The van der Waals surface area contributed by atoms with E-state index in [9.17, 15) is 0 Å². The molecule has 2 heterocycles. The highest BCUT2D eigenvalue weighted by Gasteiger charge is 2.09. The number of rotatable bonds is 3. The molecule has 0 spiro atoms. The number of nitrogens with one attached hydrogen (secondary N) is 1. The van der Waals surface area contributed by atoms with E-state index < -0.39 is 0 Å². The van der Waals surface area contributed by atoms with E-state index in [4.69, 9.17) is 11.5 Å². The van der Waals surface area contributed by atoms with Gasteiger partial charge < -0.3 is 16.8 Å². The Balaban J connectivity index is 2.15. The fourth-order valence-electron chi connectivity index (χ4n) is 1.54. The van der Waals surface area contributed by atoms with E-state index in [1.807, 2.05) is 0 Å². The van der Waals surface area contributed by atoms with E-state index in [0.717, 1.165) is 0 Å². The van der Waals surface area contributed by atoms with Gasteiger partial charge >= 0.3 is 0 Å². The SMILES string of the molecule is Cc1ccc(C(C)Nc2cc(N)nc(N)n2)s1. The minimum Gasteiger partial charge on any atom is -0.383 e. The molecule has 1 atom stereocenters. The summed E-state index contributed by atoms with van der Waals surface area (Å²) in [6.45, 7) is 4.15. The maximum absolute atomic E-state index is 5.61. The number of aromatic nitrogens is 2. The second kappa shape index (κ2) is 4.58. The first-order chi connectivity index (χ1) is 8.04. The van der Waals surface area contributed by atoms with Gasteiger partial charge in [-0.15, -0.1) is 11.3 Å². The molecule has 1 unspecified atom stereocenters. The normalized spacial score (nSPS) is 12.4. The molecule has 5 nitrogen and oxygen atoms in total. The molecular formula is C11H15N5S. The molecule has 0 amide bonds. The summed E-state index contributed by atoms with van der Waals surface area (Å²) in [6.07, 6.45) is 0. The summed E-state index contributed by atoms with van der Waals surface area (Å²) in [5.74, 6) is 1.20. The van der Waals surface area contributed by atoms with Crippen LogP contribution in [0.2, 0.25) is 0 Å². The van der Waals surface area contributed by atoms with Crippen molar-refractivity contribution >= 4 is 28.9 Å². The standard InChI is InChI=1S/C11H15N5S/c1-6-3-4-8(17-6)7(2)14-10-5-9(12)15-11(13)16-10/h3-5,7H,1-2H3,(H5,12,13,14,15,16). The van der Waals surface area contributed by atoms with Gasteiger partial charge in [0.25, 0.3) is 0 Å². The van der Waals surface area contributed by atoms with Crippen LogP contribution < -0.4 is 16.8 Å². The number of nitrogen functional groups attached to an aromatic ring is 2. The number of hydrogen-bond acceptors (Lipinski definition) is 6. The Morgan fingerprint density at radius 1 is 1.29 bits per heavy atom. The first kappa shape index (κ1) is 11.7. The number of nitrogens with two attached hydrogens (primary N) is 2. The van der Waals surface area contributed by atoms with Crippen molar-refractivity contribution in [3.63, 3.8) is 0 Å². The summed E-state index contributed by atoms with van der Waals surface area (Å²) >= 11 is 1.76. The summed E-state index contributed by atoms with van der Waals surface area (Å²) in [4.78, 5) is 10.4. The fraction of sp³-hybridized carbons (Fsp3) is 0.273. The van der Waals surface area contributed by atoms with Gasteiger partial charge in [0.1, 0.15) is 11.6 Å². The zero-order valence-corrected chi connectivity index (χ0v) is 10.6. The third-order valence-corrected chi connectivity index (χ3v) is 3.50. The van der Waals surface area contributed by atoms with Crippen molar-refractivity contribution in [3.05, 3.63) is 28.0 Å². The number of aryl methyl sites for hydroxylation is 1. The molecular weight excluding hydrogens is 234 g/mol. The summed E-state index contributed by atoms with van der Waals surface area (Å²) in [6, 6.07) is 6.04. The van der Waals surface area contributed by atoms with E-state index in [0.29, 0.717) is 11.6 Å². The van der Waals surface area contributed by atoms with Crippen LogP contribution in [0.3, 0.4) is 0 Å². The van der Waals surface area contributed by atoms with E-state index in [-0.39, 0.29) is 12.0 Å². The van der Waals surface area contributed by atoms with Crippen molar-refractivity contribution in [3.8, 4) is 0 Å². The number of thiophene rings is 1. The molecule has 2 rings (SSSR count). The van der Waals surface area contributed by atoms with Crippen LogP contribution in [0.4, 0.5) is 17.6 Å². The molecule has 0 saturated heterocycles. The van der Waals surface area contributed by atoms with Gasteiger partial charge in [0.2, 0.25) is 5.95 Å².